The second-order valence-electron chi connectivity index (χ2n) is 7.07. The molecular weight excluding hydrogens is 230 g/mol. The maximum absolute atomic E-state index is 11.7. The molecule has 1 fully saturated rings. The molecule has 18 heavy (non-hydrogen) atoms. The van der Waals surface area contributed by atoms with Crippen LogP contribution in [0.5, 0.6) is 0 Å². The molecule has 0 radical (unpaired) electrons. The molecule has 1 rings (SSSR count). The first-order chi connectivity index (χ1) is 8.10. The highest BCUT2D eigenvalue weighted by atomic mass is 16.4. The van der Waals surface area contributed by atoms with Crippen LogP contribution >= 0.6 is 0 Å². The van der Waals surface area contributed by atoms with Gasteiger partial charge in [-0.3, -0.25) is 9.59 Å². The summed E-state index contributed by atoms with van der Waals surface area (Å²) in [6.07, 6.45) is 3.07. The normalized spacial score (nSPS) is 22.4. The molecule has 1 saturated carbocycles. The number of carbonyl (C=O) groups excluding carboxylic acids is 1. The minimum atomic E-state index is -0.922. The lowest BCUT2D eigenvalue weighted by Gasteiger charge is -2.45. The van der Waals surface area contributed by atoms with Gasteiger partial charge in [-0.2, -0.15) is 0 Å². The standard InChI is InChI=1S/C14H25NO3/c1-13(2)7-10(8-14(3,4)9-13)15-11(16)5-6-12(17)18/h10H,5-9H2,1-4H3,(H,15,16)(H,17,18). The van der Waals surface area contributed by atoms with Crippen molar-refractivity contribution in [1.29, 1.82) is 0 Å². The van der Waals surface area contributed by atoms with E-state index in [-0.39, 0.29) is 35.6 Å². The van der Waals surface area contributed by atoms with Gasteiger partial charge in [-0.25, -0.2) is 0 Å². The van der Waals surface area contributed by atoms with E-state index in [0.29, 0.717) is 0 Å². The Morgan fingerprint density at radius 3 is 2.06 bits per heavy atom. The van der Waals surface area contributed by atoms with Crippen LogP contribution in [0, 0.1) is 10.8 Å². The first-order valence-electron chi connectivity index (χ1n) is 6.61. The molecule has 1 aliphatic rings. The third-order valence-electron chi connectivity index (χ3n) is 3.49. The van der Waals surface area contributed by atoms with Crippen molar-refractivity contribution in [2.24, 2.45) is 10.8 Å². The molecule has 0 aromatic heterocycles. The Balaban J connectivity index is 2.51. The molecule has 0 aromatic carbocycles. The zero-order valence-corrected chi connectivity index (χ0v) is 11.9. The summed E-state index contributed by atoms with van der Waals surface area (Å²) in [5.74, 6) is -1.06. The first kappa shape index (κ1) is 15.0. The number of carboxylic acids is 1. The van der Waals surface area contributed by atoms with Crippen LogP contribution < -0.4 is 5.32 Å². The Hall–Kier alpha value is -1.06. The van der Waals surface area contributed by atoms with Crippen molar-refractivity contribution in [3.8, 4) is 0 Å². The minimum Gasteiger partial charge on any atom is -0.481 e. The van der Waals surface area contributed by atoms with Gasteiger partial charge < -0.3 is 10.4 Å². The molecular formula is C14H25NO3. The number of carbonyl (C=O) groups is 2. The SMILES string of the molecule is CC1(C)CC(NC(=O)CCC(=O)O)CC(C)(C)C1. The molecule has 1 amide bonds. The van der Waals surface area contributed by atoms with E-state index >= 15 is 0 Å². The number of carboxylic acid groups (broad SMARTS) is 1. The number of hydrogen-bond donors (Lipinski definition) is 2. The van der Waals surface area contributed by atoms with Gasteiger partial charge in [0, 0.05) is 12.5 Å². The largest absolute Gasteiger partial charge is 0.481 e. The van der Waals surface area contributed by atoms with E-state index in [0.717, 1.165) is 19.3 Å². The van der Waals surface area contributed by atoms with Crippen LogP contribution in [0.2, 0.25) is 0 Å². The number of hydrogen-bond acceptors (Lipinski definition) is 2. The highest BCUT2D eigenvalue weighted by Gasteiger charge is 2.38. The zero-order chi connectivity index (χ0) is 14.0. The quantitative estimate of drug-likeness (QED) is 0.811. The fourth-order valence-electron chi connectivity index (χ4n) is 3.47. The fraction of sp³-hybridized carbons (Fsp3) is 0.857. The third kappa shape index (κ3) is 5.07. The lowest BCUT2D eigenvalue weighted by Crippen LogP contribution is -2.46. The van der Waals surface area contributed by atoms with Crippen molar-refractivity contribution in [3.05, 3.63) is 0 Å². The van der Waals surface area contributed by atoms with Gasteiger partial charge in [-0.15, -0.1) is 0 Å². The van der Waals surface area contributed by atoms with E-state index in [1.54, 1.807) is 0 Å². The Morgan fingerprint density at radius 2 is 1.61 bits per heavy atom. The maximum atomic E-state index is 11.7. The topological polar surface area (TPSA) is 66.4 Å². The summed E-state index contributed by atoms with van der Waals surface area (Å²) in [5, 5.41) is 11.5. The van der Waals surface area contributed by atoms with Gasteiger partial charge >= 0.3 is 5.97 Å². The van der Waals surface area contributed by atoms with E-state index in [4.69, 9.17) is 5.11 Å². The molecule has 0 aliphatic heterocycles. The molecule has 2 N–H and O–H groups in total. The van der Waals surface area contributed by atoms with Crippen molar-refractivity contribution in [2.45, 2.75) is 65.8 Å². The fourth-order valence-corrected chi connectivity index (χ4v) is 3.47. The van der Waals surface area contributed by atoms with Crippen molar-refractivity contribution in [3.63, 3.8) is 0 Å². The molecule has 0 spiro atoms. The van der Waals surface area contributed by atoms with Crippen LogP contribution in [0.15, 0.2) is 0 Å². The lowest BCUT2D eigenvalue weighted by atomic mass is 9.63. The van der Waals surface area contributed by atoms with Crippen LogP contribution in [0.3, 0.4) is 0 Å². The Morgan fingerprint density at radius 1 is 1.11 bits per heavy atom. The minimum absolute atomic E-state index is 0.0761. The summed E-state index contributed by atoms with van der Waals surface area (Å²) < 4.78 is 0. The van der Waals surface area contributed by atoms with Crippen LogP contribution in [0.25, 0.3) is 0 Å². The molecule has 0 atom stereocenters. The summed E-state index contributed by atoms with van der Waals surface area (Å²) in [5.41, 5.74) is 0.457. The third-order valence-corrected chi connectivity index (χ3v) is 3.49. The number of aliphatic carboxylic acids is 1. The second-order valence-corrected chi connectivity index (χ2v) is 7.07. The summed E-state index contributed by atoms with van der Waals surface area (Å²) in [6, 6.07) is 0.171. The van der Waals surface area contributed by atoms with E-state index in [1.165, 1.54) is 0 Å². The average molecular weight is 255 g/mol. The highest BCUT2D eigenvalue weighted by molar-refractivity contribution is 5.80. The van der Waals surface area contributed by atoms with Crippen LogP contribution in [-0.2, 0) is 9.59 Å². The first-order valence-corrected chi connectivity index (χ1v) is 6.61. The number of rotatable bonds is 4. The van der Waals surface area contributed by atoms with Gasteiger partial charge in [0.05, 0.1) is 6.42 Å². The predicted molar refractivity (Wildman–Crippen MR) is 70.2 cm³/mol. The molecule has 4 heteroatoms. The van der Waals surface area contributed by atoms with Gasteiger partial charge in [0.15, 0.2) is 0 Å². The van der Waals surface area contributed by atoms with E-state index in [2.05, 4.69) is 33.0 Å². The number of amides is 1. The molecule has 0 heterocycles. The summed E-state index contributed by atoms with van der Waals surface area (Å²) in [6.45, 7) is 8.91. The molecule has 0 bridgehead atoms. The molecule has 4 nitrogen and oxygen atoms in total. The molecule has 104 valence electrons. The Bertz CT molecular complexity index is 318. The van der Waals surface area contributed by atoms with E-state index in [1.807, 2.05) is 0 Å². The Kier molecular flexibility index (Phi) is 4.41. The van der Waals surface area contributed by atoms with Crippen molar-refractivity contribution < 1.29 is 14.7 Å². The molecule has 0 saturated heterocycles. The van der Waals surface area contributed by atoms with Crippen LogP contribution in [-0.4, -0.2) is 23.0 Å². The van der Waals surface area contributed by atoms with E-state index in [9.17, 15) is 9.59 Å². The monoisotopic (exact) mass is 255 g/mol. The van der Waals surface area contributed by atoms with Gasteiger partial charge in [0.1, 0.15) is 0 Å². The summed E-state index contributed by atoms with van der Waals surface area (Å²) >= 11 is 0. The molecule has 1 aliphatic carbocycles. The highest BCUT2D eigenvalue weighted by Crippen LogP contribution is 2.45. The molecule has 0 unspecified atom stereocenters. The van der Waals surface area contributed by atoms with Crippen molar-refractivity contribution in [1.82, 2.24) is 5.32 Å². The summed E-state index contributed by atoms with van der Waals surface area (Å²) in [7, 11) is 0. The van der Waals surface area contributed by atoms with Crippen LogP contribution in [0.4, 0.5) is 0 Å². The van der Waals surface area contributed by atoms with Gasteiger partial charge in [0.2, 0.25) is 5.91 Å². The smallest absolute Gasteiger partial charge is 0.303 e. The Labute approximate surface area is 109 Å². The van der Waals surface area contributed by atoms with Crippen molar-refractivity contribution >= 4 is 11.9 Å². The van der Waals surface area contributed by atoms with Gasteiger partial charge in [-0.1, -0.05) is 27.7 Å². The zero-order valence-electron chi connectivity index (χ0n) is 11.9. The van der Waals surface area contributed by atoms with Gasteiger partial charge in [-0.05, 0) is 30.1 Å². The number of nitrogens with one attached hydrogen (secondary N) is 1. The van der Waals surface area contributed by atoms with Crippen LogP contribution in [0.1, 0.15) is 59.8 Å². The lowest BCUT2D eigenvalue weighted by molar-refractivity contribution is -0.139. The van der Waals surface area contributed by atoms with E-state index < -0.39 is 5.97 Å². The van der Waals surface area contributed by atoms with Crippen molar-refractivity contribution in [2.75, 3.05) is 0 Å². The molecule has 0 aromatic rings. The summed E-state index contributed by atoms with van der Waals surface area (Å²) in [4.78, 5) is 22.1. The predicted octanol–water partition coefficient (Wildman–Crippen LogP) is 2.57. The van der Waals surface area contributed by atoms with Gasteiger partial charge in [0.25, 0.3) is 0 Å². The maximum Gasteiger partial charge on any atom is 0.303 e. The second kappa shape index (κ2) is 5.29. The average Bonchev–Trinajstić information content (AvgIpc) is 2.09.